The summed E-state index contributed by atoms with van der Waals surface area (Å²) in [6, 6.07) is 8.32. The van der Waals surface area contributed by atoms with Gasteiger partial charge in [-0.15, -0.1) is 0 Å². The number of fused-ring (bicyclic) bond motifs is 1. The Bertz CT molecular complexity index is 1090. The molecule has 2 saturated heterocycles. The molecule has 4 atom stereocenters. The van der Waals surface area contributed by atoms with Crippen molar-refractivity contribution in [3.05, 3.63) is 41.9 Å². The standard InChI is InChI=1S/C20H27N7O3S/c1-11-9-16(22-12(2)21-11)24-17-10-14(18-19(25-17)26-27(3)20(18)28)23-13-7-5-6-8-15(13)31(4,29)30/h5-9,14,17-19,23,25-26H,10H2,1-4H3,(H,21,22,24). The predicted octanol–water partition coefficient (Wildman–Crippen LogP) is 0.628. The van der Waals surface area contributed by atoms with E-state index in [1.807, 2.05) is 19.9 Å². The first-order valence-electron chi connectivity index (χ1n) is 10.1. The van der Waals surface area contributed by atoms with Gasteiger partial charge in [-0.3, -0.25) is 15.1 Å². The number of anilines is 2. The molecule has 3 heterocycles. The minimum atomic E-state index is -3.42. The molecule has 10 nitrogen and oxygen atoms in total. The molecule has 1 aromatic heterocycles. The molecule has 4 N–H and O–H groups in total. The molecule has 2 aliphatic heterocycles. The lowest BCUT2D eigenvalue weighted by Crippen LogP contribution is -2.61. The number of hydrazine groups is 1. The molecule has 166 valence electrons. The summed E-state index contributed by atoms with van der Waals surface area (Å²) in [4.78, 5) is 21.8. The lowest BCUT2D eigenvalue weighted by atomic mass is 9.88. The maximum atomic E-state index is 12.8. The van der Waals surface area contributed by atoms with E-state index >= 15 is 0 Å². The molecule has 0 aliphatic carbocycles. The Labute approximate surface area is 181 Å². The number of aromatic nitrogens is 2. The van der Waals surface area contributed by atoms with Crippen molar-refractivity contribution < 1.29 is 13.2 Å². The number of hydrogen-bond donors (Lipinski definition) is 4. The normalized spacial score (nSPS) is 25.9. The molecule has 31 heavy (non-hydrogen) atoms. The monoisotopic (exact) mass is 445 g/mol. The van der Waals surface area contributed by atoms with Gasteiger partial charge < -0.3 is 10.6 Å². The van der Waals surface area contributed by atoms with E-state index in [4.69, 9.17) is 0 Å². The second kappa shape index (κ2) is 8.06. The van der Waals surface area contributed by atoms with Crippen LogP contribution in [0.2, 0.25) is 0 Å². The average Bonchev–Trinajstić information content (AvgIpc) is 2.94. The Morgan fingerprint density at radius 3 is 2.61 bits per heavy atom. The third-order valence-corrected chi connectivity index (χ3v) is 6.68. The highest BCUT2D eigenvalue weighted by atomic mass is 32.2. The number of piperidine rings is 1. The van der Waals surface area contributed by atoms with Gasteiger partial charge in [-0.25, -0.2) is 23.8 Å². The number of hydrogen-bond acceptors (Lipinski definition) is 9. The zero-order chi connectivity index (χ0) is 22.3. The van der Waals surface area contributed by atoms with Crippen LogP contribution in [-0.4, -0.2) is 61.0 Å². The summed E-state index contributed by atoms with van der Waals surface area (Å²) in [6.45, 7) is 3.74. The molecule has 1 aromatic carbocycles. The maximum absolute atomic E-state index is 12.8. The smallest absolute Gasteiger partial charge is 0.244 e. The summed E-state index contributed by atoms with van der Waals surface area (Å²) in [5.74, 6) is 0.902. The van der Waals surface area contributed by atoms with Crippen molar-refractivity contribution in [2.75, 3.05) is 23.9 Å². The first-order valence-corrected chi connectivity index (χ1v) is 12.0. The number of amides is 1. The molecule has 4 rings (SSSR count). The van der Waals surface area contributed by atoms with Crippen molar-refractivity contribution in [1.29, 1.82) is 0 Å². The van der Waals surface area contributed by atoms with E-state index in [-0.39, 0.29) is 29.2 Å². The largest absolute Gasteiger partial charge is 0.380 e. The van der Waals surface area contributed by atoms with Gasteiger partial charge in [-0.05, 0) is 26.0 Å². The van der Waals surface area contributed by atoms with Gasteiger partial charge in [0.2, 0.25) is 5.91 Å². The fraction of sp³-hybridized carbons (Fsp3) is 0.450. The lowest BCUT2D eigenvalue weighted by Gasteiger charge is -2.39. The number of rotatable bonds is 5. The Kier molecular flexibility index (Phi) is 5.58. The number of sulfone groups is 1. The van der Waals surface area contributed by atoms with Gasteiger partial charge in [0.15, 0.2) is 9.84 Å². The summed E-state index contributed by atoms with van der Waals surface area (Å²) < 4.78 is 24.5. The van der Waals surface area contributed by atoms with Gasteiger partial charge in [0.25, 0.3) is 0 Å². The summed E-state index contributed by atoms with van der Waals surface area (Å²) in [5.41, 5.74) is 4.49. The van der Waals surface area contributed by atoms with E-state index in [0.29, 0.717) is 23.8 Å². The fourth-order valence-corrected chi connectivity index (χ4v) is 5.13. The second-order valence-electron chi connectivity index (χ2n) is 8.09. The Morgan fingerprint density at radius 2 is 1.90 bits per heavy atom. The first kappa shape index (κ1) is 21.5. The molecule has 2 aliphatic rings. The SMILES string of the molecule is Cc1cc(NC2CC(Nc3ccccc3S(C)(=O)=O)C3C(=O)N(C)NC3N2)nc(C)n1. The van der Waals surface area contributed by atoms with Crippen molar-refractivity contribution in [1.82, 2.24) is 25.7 Å². The second-order valence-corrected chi connectivity index (χ2v) is 10.1. The number of para-hydroxylation sites is 1. The zero-order valence-corrected chi connectivity index (χ0v) is 18.7. The number of benzene rings is 1. The minimum Gasteiger partial charge on any atom is -0.380 e. The van der Waals surface area contributed by atoms with E-state index in [9.17, 15) is 13.2 Å². The third kappa shape index (κ3) is 4.48. The Morgan fingerprint density at radius 1 is 1.16 bits per heavy atom. The molecular formula is C20H27N7O3S. The highest BCUT2D eigenvalue weighted by Crippen LogP contribution is 2.31. The van der Waals surface area contributed by atoms with Crippen LogP contribution in [0.25, 0.3) is 0 Å². The fourth-order valence-electron chi connectivity index (χ4n) is 4.28. The maximum Gasteiger partial charge on any atom is 0.244 e. The van der Waals surface area contributed by atoms with Crippen LogP contribution >= 0.6 is 0 Å². The van der Waals surface area contributed by atoms with Crippen LogP contribution in [0.3, 0.4) is 0 Å². The van der Waals surface area contributed by atoms with Crippen LogP contribution in [0, 0.1) is 19.8 Å². The third-order valence-electron chi connectivity index (χ3n) is 5.53. The van der Waals surface area contributed by atoms with E-state index in [1.54, 1.807) is 31.3 Å². The zero-order valence-electron chi connectivity index (χ0n) is 17.9. The van der Waals surface area contributed by atoms with E-state index in [0.717, 1.165) is 5.69 Å². The Hall–Kier alpha value is -2.76. The predicted molar refractivity (Wildman–Crippen MR) is 117 cm³/mol. The average molecular weight is 446 g/mol. The van der Waals surface area contributed by atoms with Gasteiger partial charge in [0.05, 0.1) is 28.8 Å². The number of nitrogens with zero attached hydrogens (tertiary/aromatic N) is 3. The highest BCUT2D eigenvalue weighted by molar-refractivity contribution is 7.90. The number of aryl methyl sites for hydroxylation is 2. The van der Waals surface area contributed by atoms with Crippen LogP contribution in [0.5, 0.6) is 0 Å². The molecule has 0 saturated carbocycles. The van der Waals surface area contributed by atoms with Gasteiger partial charge in [0, 0.05) is 37.5 Å². The van der Waals surface area contributed by atoms with Crippen LogP contribution in [0.4, 0.5) is 11.5 Å². The lowest BCUT2D eigenvalue weighted by molar-refractivity contribution is -0.131. The molecule has 0 bridgehead atoms. The van der Waals surface area contributed by atoms with Crippen LogP contribution in [0.15, 0.2) is 35.2 Å². The van der Waals surface area contributed by atoms with Crippen LogP contribution in [-0.2, 0) is 14.6 Å². The summed E-state index contributed by atoms with van der Waals surface area (Å²) in [7, 11) is -1.74. The van der Waals surface area contributed by atoms with Gasteiger partial charge in [0.1, 0.15) is 11.6 Å². The van der Waals surface area contributed by atoms with Crippen molar-refractivity contribution in [2.24, 2.45) is 5.92 Å². The number of carbonyl (C=O) groups is 1. The summed E-state index contributed by atoms with van der Waals surface area (Å²) in [5, 5.41) is 11.6. The molecule has 2 aromatic rings. The van der Waals surface area contributed by atoms with Crippen LogP contribution < -0.4 is 21.4 Å². The van der Waals surface area contributed by atoms with Crippen LogP contribution in [0.1, 0.15) is 17.9 Å². The number of nitrogens with one attached hydrogen (secondary N) is 4. The summed E-state index contributed by atoms with van der Waals surface area (Å²) in [6.07, 6.45) is 1.20. The molecule has 0 spiro atoms. The van der Waals surface area contributed by atoms with E-state index in [2.05, 4.69) is 31.3 Å². The molecule has 0 radical (unpaired) electrons. The minimum absolute atomic E-state index is 0.0565. The molecule has 4 unspecified atom stereocenters. The first-order chi connectivity index (χ1) is 14.6. The topological polar surface area (TPSA) is 128 Å². The van der Waals surface area contributed by atoms with Gasteiger partial charge in [-0.2, -0.15) is 0 Å². The Balaban J connectivity index is 1.62. The van der Waals surface area contributed by atoms with Crippen molar-refractivity contribution in [2.45, 2.75) is 43.5 Å². The van der Waals surface area contributed by atoms with Gasteiger partial charge in [-0.1, -0.05) is 12.1 Å². The van der Waals surface area contributed by atoms with Crippen molar-refractivity contribution in [3.63, 3.8) is 0 Å². The van der Waals surface area contributed by atoms with E-state index < -0.39 is 15.8 Å². The highest BCUT2D eigenvalue weighted by Gasteiger charge is 2.48. The quantitative estimate of drug-likeness (QED) is 0.524. The van der Waals surface area contributed by atoms with Crippen molar-refractivity contribution in [3.8, 4) is 0 Å². The molecule has 11 heteroatoms. The summed E-state index contributed by atoms with van der Waals surface area (Å²) >= 11 is 0. The van der Waals surface area contributed by atoms with Crippen molar-refractivity contribution >= 4 is 27.2 Å². The molecule has 2 fully saturated rings. The number of carbonyl (C=O) groups excluding carboxylic acids is 1. The molecular weight excluding hydrogens is 418 g/mol. The van der Waals surface area contributed by atoms with Gasteiger partial charge >= 0.3 is 0 Å². The van der Waals surface area contributed by atoms with E-state index in [1.165, 1.54) is 11.3 Å². The molecule has 1 amide bonds.